The number of thioether (sulfide) groups is 1. The second-order valence-electron chi connectivity index (χ2n) is 3.62. The van der Waals surface area contributed by atoms with Crippen molar-refractivity contribution in [1.82, 2.24) is 4.90 Å². The first-order valence-electron chi connectivity index (χ1n) is 5.19. The molecule has 15 heavy (non-hydrogen) atoms. The summed E-state index contributed by atoms with van der Waals surface area (Å²) >= 11 is 1.35. The van der Waals surface area contributed by atoms with Gasteiger partial charge in [-0.15, -0.1) is 0 Å². The van der Waals surface area contributed by atoms with Crippen LogP contribution >= 0.6 is 11.8 Å². The zero-order valence-electron chi connectivity index (χ0n) is 9.40. The van der Waals surface area contributed by atoms with E-state index in [9.17, 15) is 0 Å². The molecular formula is C10H19N3OS. The average Bonchev–Trinajstić information content (AvgIpc) is 2.76. The number of hydrogen-bond donors (Lipinski definition) is 1. The lowest BCUT2D eigenvalue weighted by Crippen LogP contribution is -2.33. The number of rotatable bonds is 4. The Balaban J connectivity index is 2.48. The molecule has 0 bridgehead atoms. The summed E-state index contributed by atoms with van der Waals surface area (Å²) in [5.74, 6) is 0. The molecule has 0 aromatic rings. The monoisotopic (exact) mass is 229 g/mol. The molecule has 86 valence electrons. The second kappa shape index (κ2) is 6.85. The average molecular weight is 229 g/mol. The van der Waals surface area contributed by atoms with E-state index in [0.717, 1.165) is 0 Å². The summed E-state index contributed by atoms with van der Waals surface area (Å²) in [6.07, 6.45) is 8.61. The van der Waals surface area contributed by atoms with Crippen LogP contribution in [-0.2, 0) is 4.74 Å². The van der Waals surface area contributed by atoms with E-state index >= 15 is 0 Å². The summed E-state index contributed by atoms with van der Waals surface area (Å²) in [4.78, 5) is 6.17. The molecule has 1 N–H and O–H groups in total. The highest BCUT2D eigenvalue weighted by atomic mass is 32.2. The first-order chi connectivity index (χ1) is 7.27. The molecule has 0 aromatic heterocycles. The molecule has 0 atom stereocenters. The van der Waals surface area contributed by atoms with Gasteiger partial charge in [0.25, 0.3) is 0 Å². The van der Waals surface area contributed by atoms with Crippen LogP contribution in [-0.4, -0.2) is 42.5 Å². The molecule has 0 unspecified atom stereocenters. The number of amidine groups is 1. The smallest absolute Gasteiger partial charge is 0.181 e. The molecule has 0 spiro atoms. The Hall–Kier alpha value is -0.550. The molecule has 0 heterocycles. The molecule has 4 nitrogen and oxygen atoms in total. The van der Waals surface area contributed by atoms with Gasteiger partial charge in [0.2, 0.25) is 0 Å². The van der Waals surface area contributed by atoms with Crippen molar-refractivity contribution in [3.63, 3.8) is 0 Å². The molecule has 1 saturated carbocycles. The van der Waals surface area contributed by atoms with Crippen molar-refractivity contribution in [2.45, 2.75) is 31.7 Å². The van der Waals surface area contributed by atoms with Crippen LogP contribution in [0.1, 0.15) is 25.7 Å². The van der Waals surface area contributed by atoms with Gasteiger partial charge in [-0.05, 0) is 19.1 Å². The zero-order chi connectivity index (χ0) is 11.1. The van der Waals surface area contributed by atoms with Crippen LogP contribution in [0, 0.1) is 5.41 Å². The van der Waals surface area contributed by atoms with Gasteiger partial charge < -0.3 is 9.64 Å². The largest absolute Gasteiger partial charge is 0.364 e. The third kappa shape index (κ3) is 4.22. The topological polar surface area (TPSA) is 48.7 Å². The van der Waals surface area contributed by atoms with Crippen LogP contribution in [0.4, 0.5) is 0 Å². The van der Waals surface area contributed by atoms with Gasteiger partial charge in [0, 0.05) is 13.2 Å². The molecule has 0 saturated heterocycles. The van der Waals surface area contributed by atoms with Crippen LogP contribution in [0.2, 0.25) is 0 Å². The fourth-order valence-corrected chi connectivity index (χ4v) is 1.95. The molecule has 0 aliphatic heterocycles. The van der Waals surface area contributed by atoms with Gasteiger partial charge in [0.15, 0.2) is 5.17 Å². The number of methoxy groups -OCH3 is 1. The summed E-state index contributed by atoms with van der Waals surface area (Å²) in [5, 5.41) is 7.77. The highest BCUT2D eigenvalue weighted by Gasteiger charge is 2.20. The number of aliphatic imine (C=N–C) groups is 1. The Kier molecular flexibility index (Phi) is 5.71. The first-order valence-corrected chi connectivity index (χ1v) is 6.41. The molecule has 1 fully saturated rings. The minimum Gasteiger partial charge on any atom is -0.364 e. The van der Waals surface area contributed by atoms with Crippen molar-refractivity contribution in [2.24, 2.45) is 4.99 Å². The molecule has 1 rings (SSSR count). The first kappa shape index (κ1) is 12.5. The quantitative estimate of drug-likeness (QED) is 0.456. The zero-order valence-corrected chi connectivity index (χ0v) is 10.2. The lowest BCUT2D eigenvalue weighted by atomic mass is 10.2. The number of hydrogen-bond acceptors (Lipinski definition) is 3. The number of ether oxygens (including phenoxy) is 1. The molecule has 0 amide bonds. The van der Waals surface area contributed by atoms with E-state index in [2.05, 4.69) is 9.89 Å². The van der Waals surface area contributed by atoms with Crippen molar-refractivity contribution in [2.75, 3.05) is 20.1 Å². The maximum atomic E-state index is 7.43. The molecule has 1 aliphatic rings. The second-order valence-corrected chi connectivity index (χ2v) is 4.42. The highest BCUT2D eigenvalue weighted by molar-refractivity contribution is 8.13. The third-order valence-corrected chi connectivity index (χ3v) is 3.08. The lowest BCUT2D eigenvalue weighted by Gasteiger charge is -2.25. The molecule has 0 radical (unpaired) electrons. The summed E-state index contributed by atoms with van der Waals surface area (Å²) in [6.45, 7) is 0.565. The Bertz CT molecular complexity index is 227. The maximum Gasteiger partial charge on any atom is 0.181 e. The van der Waals surface area contributed by atoms with Crippen molar-refractivity contribution < 1.29 is 4.74 Å². The van der Waals surface area contributed by atoms with E-state index in [1.807, 2.05) is 6.26 Å². The minimum atomic E-state index is 0.342. The fraction of sp³-hybridized carbons (Fsp3) is 0.800. The van der Waals surface area contributed by atoms with Crippen molar-refractivity contribution >= 4 is 23.3 Å². The Morgan fingerprint density at radius 1 is 1.60 bits per heavy atom. The summed E-state index contributed by atoms with van der Waals surface area (Å²) < 4.78 is 5.14. The van der Waals surface area contributed by atoms with E-state index in [0.29, 0.717) is 17.9 Å². The molecule has 0 aromatic carbocycles. The number of nitrogens with zero attached hydrogens (tertiary/aromatic N) is 2. The Morgan fingerprint density at radius 2 is 2.27 bits per heavy atom. The maximum absolute atomic E-state index is 7.43. The number of nitrogens with one attached hydrogen (secondary N) is 1. The van der Waals surface area contributed by atoms with Crippen LogP contribution in [0.5, 0.6) is 0 Å². The third-order valence-electron chi connectivity index (χ3n) is 2.59. The lowest BCUT2D eigenvalue weighted by molar-refractivity contribution is 0.0894. The van der Waals surface area contributed by atoms with E-state index in [1.165, 1.54) is 37.4 Å². The van der Waals surface area contributed by atoms with Gasteiger partial charge in [-0.1, -0.05) is 24.6 Å². The summed E-state index contributed by atoms with van der Waals surface area (Å²) in [5.41, 5.74) is 0. The normalized spacial score (nSPS) is 17.5. The SMILES string of the molecule is COCN(C=NC(=N)SC)C1CCCC1. The van der Waals surface area contributed by atoms with Gasteiger partial charge in [-0.2, -0.15) is 0 Å². The molecular weight excluding hydrogens is 210 g/mol. The minimum absolute atomic E-state index is 0.342. The van der Waals surface area contributed by atoms with Gasteiger partial charge in [-0.25, -0.2) is 4.99 Å². The highest BCUT2D eigenvalue weighted by Crippen LogP contribution is 2.22. The van der Waals surface area contributed by atoms with Gasteiger partial charge in [0.1, 0.15) is 6.73 Å². The van der Waals surface area contributed by atoms with E-state index in [-0.39, 0.29) is 0 Å². The van der Waals surface area contributed by atoms with Crippen LogP contribution in [0.25, 0.3) is 0 Å². The van der Waals surface area contributed by atoms with Crippen LogP contribution in [0.15, 0.2) is 4.99 Å². The van der Waals surface area contributed by atoms with Crippen LogP contribution < -0.4 is 0 Å². The fourth-order valence-electron chi connectivity index (χ4n) is 1.80. The van der Waals surface area contributed by atoms with Crippen molar-refractivity contribution in [3.05, 3.63) is 0 Å². The summed E-state index contributed by atoms with van der Waals surface area (Å²) in [6, 6.07) is 0.545. The molecule has 1 aliphatic carbocycles. The van der Waals surface area contributed by atoms with Crippen molar-refractivity contribution in [1.29, 1.82) is 5.41 Å². The predicted molar refractivity (Wildman–Crippen MR) is 65.7 cm³/mol. The van der Waals surface area contributed by atoms with E-state index in [4.69, 9.17) is 10.1 Å². The summed E-state index contributed by atoms with van der Waals surface area (Å²) in [7, 11) is 1.69. The van der Waals surface area contributed by atoms with E-state index < -0.39 is 0 Å². The Labute approximate surface area is 95.6 Å². The van der Waals surface area contributed by atoms with E-state index in [1.54, 1.807) is 13.4 Å². The standard InChI is InChI=1S/C10H19N3OS/c1-14-8-13(7-12-10(11)15-2)9-5-3-4-6-9/h7,9,11H,3-6,8H2,1-2H3. The van der Waals surface area contributed by atoms with Gasteiger partial charge in [-0.3, -0.25) is 5.41 Å². The molecule has 5 heteroatoms. The predicted octanol–water partition coefficient (Wildman–Crippen LogP) is 2.16. The van der Waals surface area contributed by atoms with Gasteiger partial charge in [0.05, 0.1) is 6.34 Å². The van der Waals surface area contributed by atoms with Gasteiger partial charge >= 0.3 is 0 Å². The van der Waals surface area contributed by atoms with Crippen molar-refractivity contribution in [3.8, 4) is 0 Å². The van der Waals surface area contributed by atoms with Crippen LogP contribution in [0.3, 0.4) is 0 Å². The Morgan fingerprint density at radius 3 is 2.80 bits per heavy atom.